The number of para-hydroxylation sites is 1. The molecule has 2 N–H and O–H groups in total. The number of methoxy groups -OCH3 is 2. The predicted molar refractivity (Wildman–Crippen MR) is 109 cm³/mol. The molecule has 0 radical (unpaired) electrons. The molecule has 164 valence electrons. The van der Waals surface area contributed by atoms with Crippen LogP contribution in [0, 0.1) is 6.92 Å². The van der Waals surface area contributed by atoms with Gasteiger partial charge in [-0.05, 0) is 42.8 Å². The van der Waals surface area contributed by atoms with Gasteiger partial charge in [0.2, 0.25) is 0 Å². The summed E-state index contributed by atoms with van der Waals surface area (Å²) in [6.45, 7) is 1.76. The van der Waals surface area contributed by atoms with Gasteiger partial charge in [-0.15, -0.1) is 0 Å². The van der Waals surface area contributed by atoms with E-state index in [4.69, 9.17) is 4.74 Å². The SMILES string of the molecule is COC(=O)C(NC(=O)c1ccc(OC)cc1)(Nc1nc2c(C)cccc2s1)C(F)(F)F. The van der Waals surface area contributed by atoms with Crippen molar-refractivity contribution in [2.75, 3.05) is 19.5 Å². The lowest BCUT2D eigenvalue weighted by Gasteiger charge is -2.34. The number of aromatic nitrogens is 1. The fraction of sp³-hybridized carbons (Fsp3) is 0.250. The van der Waals surface area contributed by atoms with Crippen LogP contribution in [-0.4, -0.2) is 42.9 Å². The number of thiazole rings is 1. The summed E-state index contributed by atoms with van der Waals surface area (Å²) in [5.41, 5.74) is -2.43. The number of rotatable bonds is 6. The van der Waals surface area contributed by atoms with Crippen molar-refractivity contribution in [3.8, 4) is 5.75 Å². The zero-order chi connectivity index (χ0) is 22.8. The monoisotopic (exact) mass is 453 g/mol. The fourth-order valence-electron chi connectivity index (χ4n) is 2.83. The van der Waals surface area contributed by atoms with Gasteiger partial charge in [0.25, 0.3) is 5.91 Å². The first kappa shape index (κ1) is 22.3. The van der Waals surface area contributed by atoms with E-state index in [1.54, 1.807) is 30.4 Å². The third-order valence-corrected chi connectivity index (χ3v) is 5.42. The number of fused-ring (bicyclic) bond motifs is 1. The van der Waals surface area contributed by atoms with Crippen LogP contribution in [-0.2, 0) is 9.53 Å². The summed E-state index contributed by atoms with van der Waals surface area (Å²) in [6.07, 6.45) is -5.25. The summed E-state index contributed by atoms with van der Waals surface area (Å²) in [7, 11) is 2.21. The molecule has 1 amide bonds. The maximum absolute atomic E-state index is 14.2. The molecule has 0 saturated heterocycles. The van der Waals surface area contributed by atoms with Crippen molar-refractivity contribution in [2.45, 2.75) is 18.8 Å². The summed E-state index contributed by atoms with van der Waals surface area (Å²) in [5.74, 6) is -2.47. The van der Waals surface area contributed by atoms with Crippen molar-refractivity contribution < 1.29 is 32.2 Å². The molecule has 0 spiro atoms. The van der Waals surface area contributed by atoms with Crippen molar-refractivity contribution >= 4 is 38.6 Å². The van der Waals surface area contributed by atoms with Crippen LogP contribution in [0.25, 0.3) is 10.2 Å². The Balaban J connectivity index is 2.03. The van der Waals surface area contributed by atoms with E-state index in [2.05, 4.69) is 15.0 Å². The van der Waals surface area contributed by atoms with Gasteiger partial charge in [-0.2, -0.15) is 13.2 Å². The minimum atomic E-state index is -5.25. The number of halogens is 3. The highest BCUT2D eigenvalue weighted by molar-refractivity contribution is 7.22. The normalized spacial score (nSPS) is 13.4. The van der Waals surface area contributed by atoms with E-state index in [1.165, 1.54) is 31.4 Å². The molecule has 1 atom stereocenters. The molecule has 0 fully saturated rings. The second kappa shape index (κ2) is 8.42. The number of anilines is 1. The van der Waals surface area contributed by atoms with Crippen molar-refractivity contribution in [3.63, 3.8) is 0 Å². The van der Waals surface area contributed by atoms with Crippen LogP contribution in [0.3, 0.4) is 0 Å². The van der Waals surface area contributed by atoms with E-state index < -0.39 is 23.7 Å². The highest BCUT2D eigenvalue weighted by atomic mass is 32.1. The molecule has 1 heterocycles. The van der Waals surface area contributed by atoms with Crippen molar-refractivity contribution in [1.82, 2.24) is 10.3 Å². The molecule has 0 aliphatic carbocycles. The number of carbonyl (C=O) groups excluding carboxylic acids is 2. The molecule has 3 rings (SSSR count). The largest absolute Gasteiger partial charge is 0.497 e. The van der Waals surface area contributed by atoms with E-state index in [0.717, 1.165) is 24.0 Å². The first-order valence-corrected chi connectivity index (χ1v) is 9.69. The van der Waals surface area contributed by atoms with Crippen molar-refractivity contribution in [2.24, 2.45) is 0 Å². The van der Waals surface area contributed by atoms with Gasteiger partial charge >= 0.3 is 17.8 Å². The number of benzene rings is 2. The van der Waals surface area contributed by atoms with Gasteiger partial charge in [-0.25, -0.2) is 9.78 Å². The van der Waals surface area contributed by atoms with Gasteiger partial charge < -0.3 is 20.1 Å². The molecule has 31 heavy (non-hydrogen) atoms. The highest BCUT2D eigenvalue weighted by Crippen LogP contribution is 2.36. The molecule has 0 saturated carbocycles. The smallest absolute Gasteiger partial charge is 0.442 e. The average Bonchev–Trinajstić information content (AvgIpc) is 3.15. The second-order valence-corrected chi connectivity index (χ2v) is 7.52. The number of aryl methyl sites for hydroxylation is 1. The van der Waals surface area contributed by atoms with Gasteiger partial charge in [0.1, 0.15) is 5.75 Å². The van der Waals surface area contributed by atoms with Crippen LogP contribution in [0.4, 0.5) is 18.3 Å². The summed E-state index contributed by atoms with van der Waals surface area (Å²) in [6, 6.07) is 10.5. The summed E-state index contributed by atoms with van der Waals surface area (Å²) in [5, 5.41) is 3.63. The number of alkyl halides is 3. The summed E-state index contributed by atoms with van der Waals surface area (Å²) < 4.78 is 52.6. The minimum Gasteiger partial charge on any atom is -0.497 e. The Morgan fingerprint density at radius 1 is 1.06 bits per heavy atom. The molecule has 1 aromatic heterocycles. The number of hydrogen-bond acceptors (Lipinski definition) is 7. The maximum atomic E-state index is 14.2. The lowest BCUT2D eigenvalue weighted by atomic mass is 10.1. The van der Waals surface area contributed by atoms with Gasteiger partial charge in [-0.3, -0.25) is 4.79 Å². The Kier molecular flexibility index (Phi) is 6.07. The van der Waals surface area contributed by atoms with Crippen LogP contribution >= 0.6 is 11.3 Å². The number of ether oxygens (including phenoxy) is 2. The standard InChI is InChI=1S/C20H18F3N3O4S/c1-11-5-4-6-14-15(11)24-18(31-14)26-19(17(28)30-3,20(21,22)23)25-16(27)12-7-9-13(29-2)10-8-12/h4-10H,1-3H3,(H,24,26)(H,25,27). The molecule has 0 aliphatic rings. The van der Waals surface area contributed by atoms with Crippen LogP contribution < -0.4 is 15.4 Å². The second-order valence-electron chi connectivity index (χ2n) is 6.49. The van der Waals surface area contributed by atoms with E-state index in [9.17, 15) is 22.8 Å². The van der Waals surface area contributed by atoms with E-state index >= 15 is 0 Å². The molecule has 1 unspecified atom stereocenters. The average molecular weight is 453 g/mol. The maximum Gasteiger partial charge on any atom is 0.442 e. The lowest BCUT2D eigenvalue weighted by Crippen LogP contribution is -2.69. The molecule has 11 heteroatoms. The number of amides is 1. The zero-order valence-corrected chi connectivity index (χ0v) is 17.5. The lowest BCUT2D eigenvalue weighted by molar-refractivity contribution is -0.203. The van der Waals surface area contributed by atoms with Gasteiger partial charge in [0.15, 0.2) is 5.13 Å². The molecule has 7 nitrogen and oxygen atoms in total. The third-order valence-electron chi connectivity index (χ3n) is 4.49. The molecular weight excluding hydrogens is 435 g/mol. The Morgan fingerprint density at radius 3 is 2.29 bits per heavy atom. The Morgan fingerprint density at radius 2 is 1.74 bits per heavy atom. The number of carbonyl (C=O) groups is 2. The quantitative estimate of drug-likeness (QED) is 0.435. The molecule has 3 aromatic rings. The Hall–Kier alpha value is -3.34. The summed E-state index contributed by atoms with van der Waals surface area (Å²) >= 11 is 0.912. The first-order chi connectivity index (χ1) is 14.6. The molecular formula is C20H18F3N3O4S. The predicted octanol–water partition coefficient (Wildman–Crippen LogP) is 3.89. The van der Waals surface area contributed by atoms with Gasteiger partial charge in [-0.1, -0.05) is 23.5 Å². The van der Waals surface area contributed by atoms with Gasteiger partial charge in [0, 0.05) is 5.56 Å². The fourth-order valence-corrected chi connectivity index (χ4v) is 3.83. The molecule has 2 aromatic carbocycles. The highest BCUT2D eigenvalue weighted by Gasteiger charge is 2.64. The Labute approximate surface area is 179 Å². The van der Waals surface area contributed by atoms with Crippen LogP contribution in [0.5, 0.6) is 5.75 Å². The van der Waals surface area contributed by atoms with Crippen LogP contribution in [0.15, 0.2) is 42.5 Å². The molecule has 0 aliphatic heterocycles. The van der Waals surface area contributed by atoms with E-state index in [1.807, 2.05) is 0 Å². The van der Waals surface area contributed by atoms with E-state index in [0.29, 0.717) is 16.0 Å². The summed E-state index contributed by atoms with van der Waals surface area (Å²) in [4.78, 5) is 29.2. The van der Waals surface area contributed by atoms with Crippen LogP contribution in [0.2, 0.25) is 0 Å². The number of nitrogens with one attached hydrogen (secondary N) is 2. The molecule has 0 bridgehead atoms. The zero-order valence-electron chi connectivity index (χ0n) is 16.7. The first-order valence-electron chi connectivity index (χ1n) is 8.87. The van der Waals surface area contributed by atoms with Gasteiger partial charge in [0.05, 0.1) is 24.4 Å². The Bertz CT molecular complexity index is 1120. The number of hydrogen-bond donors (Lipinski definition) is 2. The van der Waals surface area contributed by atoms with E-state index in [-0.39, 0.29) is 10.7 Å². The topological polar surface area (TPSA) is 89.5 Å². The van der Waals surface area contributed by atoms with Crippen LogP contribution in [0.1, 0.15) is 15.9 Å². The third kappa shape index (κ3) is 4.26. The number of esters is 1. The van der Waals surface area contributed by atoms with Crippen molar-refractivity contribution in [1.29, 1.82) is 0 Å². The number of nitrogens with zero attached hydrogens (tertiary/aromatic N) is 1. The minimum absolute atomic E-state index is 0.111. The van der Waals surface area contributed by atoms with Crippen molar-refractivity contribution in [3.05, 3.63) is 53.6 Å².